The number of hydrogen-bond donors (Lipinski definition) is 1. The maximum absolute atomic E-state index is 12.8. The van der Waals surface area contributed by atoms with E-state index < -0.39 is 0 Å². The predicted molar refractivity (Wildman–Crippen MR) is 110 cm³/mol. The third-order valence-corrected chi connectivity index (χ3v) is 5.73. The summed E-state index contributed by atoms with van der Waals surface area (Å²) in [5, 5.41) is 12.6. The fourth-order valence-corrected chi connectivity index (χ4v) is 4.30. The van der Waals surface area contributed by atoms with Crippen molar-refractivity contribution in [2.24, 2.45) is 0 Å². The van der Waals surface area contributed by atoms with Crippen molar-refractivity contribution in [3.63, 3.8) is 0 Å². The van der Waals surface area contributed by atoms with Gasteiger partial charge in [-0.15, -0.1) is 10.2 Å². The molecule has 5 rings (SSSR count). The van der Waals surface area contributed by atoms with E-state index in [9.17, 15) is 4.79 Å². The highest BCUT2D eigenvalue weighted by atomic mass is 16.1. The number of fused-ring (bicyclic) bond motifs is 3. The van der Waals surface area contributed by atoms with Crippen LogP contribution in [0.5, 0.6) is 0 Å². The second kappa shape index (κ2) is 7.24. The highest BCUT2D eigenvalue weighted by Gasteiger charge is 2.23. The molecule has 3 aromatic heterocycles. The molecule has 3 heterocycles. The van der Waals surface area contributed by atoms with Crippen molar-refractivity contribution in [1.29, 1.82) is 0 Å². The zero-order chi connectivity index (χ0) is 19.8. The Morgan fingerprint density at radius 2 is 1.93 bits per heavy atom. The second-order valence-corrected chi connectivity index (χ2v) is 7.61. The molecule has 0 aliphatic heterocycles. The van der Waals surface area contributed by atoms with Crippen LogP contribution in [-0.4, -0.2) is 30.6 Å². The third kappa shape index (κ3) is 3.22. The molecule has 146 valence electrons. The summed E-state index contributed by atoms with van der Waals surface area (Å²) in [6, 6.07) is 9.81. The summed E-state index contributed by atoms with van der Waals surface area (Å²) in [6.45, 7) is 2.49. The number of hydrogen-bond acceptors (Lipinski definition) is 5. The number of rotatable bonds is 4. The molecule has 7 nitrogen and oxygen atoms in total. The lowest BCUT2D eigenvalue weighted by molar-refractivity contribution is 0.0951. The standard InChI is InChI=1S/C22H22N6O/c1-14-25-21-20(28(14)17-4-2-3-5-17)18-12-16(6-7-19(18)26-27-21)22(29)24-13-15-8-10-23-11-9-15/h6-12,17H,2-5,13H2,1H3,(H,24,29). The molecule has 1 fully saturated rings. The normalized spacial score (nSPS) is 14.7. The van der Waals surface area contributed by atoms with Crippen LogP contribution in [0.4, 0.5) is 0 Å². The van der Waals surface area contributed by atoms with Gasteiger partial charge < -0.3 is 9.88 Å². The number of carbonyl (C=O) groups excluding carboxylic acids is 1. The molecule has 0 radical (unpaired) electrons. The van der Waals surface area contributed by atoms with Crippen LogP contribution < -0.4 is 5.32 Å². The zero-order valence-corrected chi connectivity index (χ0v) is 16.3. The van der Waals surface area contributed by atoms with Crippen molar-refractivity contribution in [2.45, 2.75) is 45.2 Å². The SMILES string of the molecule is Cc1nc2nnc3ccc(C(=O)NCc4ccncc4)cc3c2n1C1CCCC1. The molecule has 1 aliphatic carbocycles. The Hall–Kier alpha value is -3.35. The minimum atomic E-state index is -0.114. The van der Waals surface area contributed by atoms with E-state index in [4.69, 9.17) is 0 Å². The summed E-state index contributed by atoms with van der Waals surface area (Å²) in [4.78, 5) is 21.4. The molecule has 1 aromatic carbocycles. The summed E-state index contributed by atoms with van der Waals surface area (Å²) in [7, 11) is 0. The average molecular weight is 386 g/mol. The molecule has 29 heavy (non-hydrogen) atoms. The molecule has 0 unspecified atom stereocenters. The molecular formula is C22H22N6O. The Morgan fingerprint density at radius 3 is 2.72 bits per heavy atom. The number of aryl methyl sites for hydroxylation is 1. The maximum atomic E-state index is 12.8. The number of benzene rings is 1. The molecule has 0 atom stereocenters. The van der Waals surface area contributed by atoms with Crippen molar-refractivity contribution >= 4 is 28.0 Å². The van der Waals surface area contributed by atoms with Crippen LogP contribution in [0.15, 0.2) is 42.7 Å². The number of amides is 1. The molecule has 0 saturated heterocycles. The van der Waals surface area contributed by atoms with Crippen LogP contribution in [0.1, 0.15) is 53.5 Å². The predicted octanol–water partition coefficient (Wildman–Crippen LogP) is 3.73. The van der Waals surface area contributed by atoms with Gasteiger partial charge in [-0.25, -0.2) is 4.98 Å². The Kier molecular flexibility index (Phi) is 4.42. The van der Waals surface area contributed by atoms with Crippen molar-refractivity contribution in [3.05, 3.63) is 59.7 Å². The number of nitrogens with zero attached hydrogens (tertiary/aromatic N) is 5. The van der Waals surface area contributed by atoms with Crippen LogP contribution >= 0.6 is 0 Å². The van der Waals surface area contributed by atoms with Gasteiger partial charge >= 0.3 is 0 Å². The smallest absolute Gasteiger partial charge is 0.251 e. The Morgan fingerprint density at radius 1 is 1.14 bits per heavy atom. The Bertz CT molecular complexity index is 1190. The number of imidazole rings is 1. The van der Waals surface area contributed by atoms with Gasteiger partial charge in [0.2, 0.25) is 5.65 Å². The fourth-order valence-electron chi connectivity index (χ4n) is 4.30. The fraction of sp³-hybridized carbons (Fsp3) is 0.318. The van der Waals surface area contributed by atoms with Gasteiger partial charge in [0.15, 0.2) is 0 Å². The van der Waals surface area contributed by atoms with Gasteiger partial charge in [0.1, 0.15) is 5.82 Å². The van der Waals surface area contributed by atoms with Crippen LogP contribution in [0.2, 0.25) is 0 Å². The van der Waals surface area contributed by atoms with Crippen molar-refractivity contribution in [2.75, 3.05) is 0 Å². The highest BCUT2D eigenvalue weighted by Crippen LogP contribution is 2.35. The summed E-state index contributed by atoms with van der Waals surface area (Å²) in [5.41, 5.74) is 4.04. The van der Waals surface area contributed by atoms with Gasteiger partial charge in [-0.2, -0.15) is 0 Å². The molecule has 7 heteroatoms. The van der Waals surface area contributed by atoms with Crippen LogP contribution in [-0.2, 0) is 6.54 Å². The van der Waals surface area contributed by atoms with E-state index >= 15 is 0 Å². The van der Waals surface area contributed by atoms with Gasteiger partial charge in [-0.1, -0.05) is 12.8 Å². The largest absolute Gasteiger partial charge is 0.348 e. The molecule has 1 saturated carbocycles. The lowest BCUT2D eigenvalue weighted by Crippen LogP contribution is -2.22. The number of aromatic nitrogens is 5. The van der Waals surface area contributed by atoms with Gasteiger partial charge in [-0.05, 0) is 55.7 Å². The average Bonchev–Trinajstić information content (AvgIpc) is 3.39. The molecule has 0 bridgehead atoms. The van der Waals surface area contributed by atoms with Gasteiger partial charge in [0, 0.05) is 35.9 Å². The van der Waals surface area contributed by atoms with Crippen LogP contribution in [0, 0.1) is 6.92 Å². The first-order valence-electron chi connectivity index (χ1n) is 10.0. The summed E-state index contributed by atoms with van der Waals surface area (Å²) < 4.78 is 2.30. The summed E-state index contributed by atoms with van der Waals surface area (Å²) >= 11 is 0. The first-order valence-corrected chi connectivity index (χ1v) is 10.0. The second-order valence-electron chi connectivity index (χ2n) is 7.61. The monoisotopic (exact) mass is 386 g/mol. The maximum Gasteiger partial charge on any atom is 0.251 e. The topological polar surface area (TPSA) is 85.6 Å². The Labute approximate surface area is 168 Å². The minimum absolute atomic E-state index is 0.114. The van der Waals surface area contributed by atoms with Crippen molar-refractivity contribution in [1.82, 2.24) is 30.0 Å². The molecule has 4 aromatic rings. The summed E-state index contributed by atoms with van der Waals surface area (Å²) in [6.07, 6.45) is 8.23. The molecule has 1 aliphatic rings. The van der Waals surface area contributed by atoms with Crippen molar-refractivity contribution < 1.29 is 4.79 Å². The summed E-state index contributed by atoms with van der Waals surface area (Å²) in [5.74, 6) is 0.846. The lowest BCUT2D eigenvalue weighted by atomic mass is 10.1. The van der Waals surface area contributed by atoms with Crippen molar-refractivity contribution in [3.8, 4) is 0 Å². The van der Waals surface area contributed by atoms with Crippen LogP contribution in [0.3, 0.4) is 0 Å². The van der Waals surface area contributed by atoms with E-state index in [0.29, 0.717) is 23.8 Å². The number of nitrogens with one attached hydrogen (secondary N) is 1. The van der Waals surface area contributed by atoms with Gasteiger partial charge in [-0.3, -0.25) is 9.78 Å². The Balaban J connectivity index is 1.54. The first-order chi connectivity index (χ1) is 14.2. The first kappa shape index (κ1) is 17.7. The van der Waals surface area contributed by atoms with Crippen LogP contribution in [0.25, 0.3) is 22.1 Å². The van der Waals surface area contributed by atoms with E-state index in [1.165, 1.54) is 12.8 Å². The van der Waals surface area contributed by atoms with E-state index in [1.807, 2.05) is 31.2 Å². The van der Waals surface area contributed by atoms with E-state index in [-0.39, 0.29) is 5.91 Å². The third-order valence-electron chi connectivity index (χ3n) is 5.73. The zero-order valence-electron chi connectivity index (χ0n) is 16.3. The molecular weight excluding hydrogens is 364 g/mol. The minimum Gasteiger partial charge on any atom is -0.348 e. The van der Waals surface area contributed by atoms with Gasteiger partial charge in [0.05, 0.1) is 11.0 Å². The number of pyridine rings is 1. The highest BCUT2D eigenvalue weighted by molar-refractivity contribution is 6.05. The van der Waals surface area contributed by atoms with E-state index in [1.54, 1.807) is 18.5 Å². The molecule has 1 N–H and O–H groups in total. The molecule has 0 spiro atoms. The van der Waals surface area contributed by atoms with Gasteiger partial charge in [0.25, 0.3) is 5.91 Å². The van der Waals surface area contributed by atoms with E-state index in [0.717, 1.165) is 40.6 Å². The lowest BCUT2D eigenvalue weighted by Gasteiger charge is -2.15. The van der Waals surface area contributed by atoms with E-state index in [2.05, 4.69) is 30.0 Å². The quantitative estimate of drug-likeness (QED) is 0.578. The number of carbonyl (C=O) groups is 1. The molecule has 1 amide bonds.